The highest BCUT2D eigenvalue weighted by Crippen LogP contribution is 2.15. The molecule has 0 saturated heterocycles. The fourth-order valence-electron chi connectivity index (χ4n) is 1.47. The van der Waals surface area contributed by atoms with Crippen molar-refractivity contribution in [1.82, 2.24) is 10.3 Å². The van der Waals surface area contributed by atoms with Gasteiger partial charge in [-0.15, -0.1) is 0 Å². The topological polar surface area (TPSA) is 38.1 Å². The maximum atomic E-state index is 5.83. The first-order valence-electron chi connectivity index (χ1n) is 5.11. The van der Waals surface area contributed by atoms with Crippen molar-refractivity contribution in [2.24, 2.45) is 0 Å². The van der Waals surface area contributed by atoms with E-state index in [0.29, 0.717) is 5.15 Å². The van der Waals surface area contributed by atoms with Crippen LogP contribution in [-0.2, 0) is 6.54 Å². The van der Waals surface area contributed by atoms with Crippen molar-refractivity contribution in [2.75, 3.05) is 0 Å². The largest absolute Gasteiger partial charge is 0.472 e. The molecule has 84 valence electrons. The van der Waals surface area contributed by atoms with E-state index in [0.717, 1.165) is 17.7 Å². The maximum absolute atomic E-state index is 5.83. The minimum atomic E-state index is 0.232. The SMILES string of the molecule is CC(NCc1ccoc1)c1ccnc(Cl)c1. The van der Waals surface area contributed by atoms with E-state index in [-0.39, 0.29) is 6.04 Å². The normalized spacial score (nSPS) is 12.6. The third-order valence-corrected chi connectivity index (χ3v) is 2.65. The van der Waals surface area contributed by atoms with Crippen LogP contribution in [0, 0.1) is 0 Å². The summed E-state index contributed by atoms with van der Waals surface area (Å²) in [5.74, 6) is 0. The average Bonchev–Trinajstić information content (AvgIpc) is 2.78. The molecule has 0 saturated carbocycles. The van der Waals surface area contributed by atoms with Crippen molar-refractivity contribution in [3.63, 3.8) is 0 Å². The molecule has 3 nitrogen and oxygen atoms in total. The smallest absolute Gasteiger partial charge is 0.129 e. The molecule has 0 aliphatic rings. The Morgan fingerprint density at radius 3 is 3.06 bits per heavy atom. The summed E-state index contributed by atoms with van der Waals surface area (Å²) >= 11 is 5.83. The molecule has 2 heterocycles. The fraction of sp³-hybridized carbons (Fsp3) is 0.250. The standard InChI is InChI=1S/C12H13ClN2O/c1-9(11-2-4-14-12(13)6-11)15-7-10-3-5-16-8-10/h2-6,8-9,15H,7H2,1H3. The highest BCUT2D eigenvalue weighted by atomic mass is 35.5. The summed E-state index contributed by atoms with van der Waals surface area (Å²) in [5, 5.41) is 3.90. The second kappa shape index (κ2) is 5.14. The number of aromatic nitrogens is 1. The van der Waals surface area contributed by atoms with Crippen molar-refractivity contribution in [2.45, 2.75) is 19.5 Å². The molecule has 0 radical (unpaired) electrons. The zero-order valence-corrected chi connectivity index (χ0v) is 9.74. The van der Waals surface area contributed by atoms with E-state index in [1.807, 2.05) is 18.2 Å². The molecule has 1 unspecified atom stereocenters. The van der Waals surface area contributed by atoms with Crippen LogP contribution in [0.3, 0.4) is 0 Å². The third kappa shape index (κ3) is 2.84. The molecule has 16 heavy (non-hydrogen) atoms. The first-order chi connectivity index (χ1) is 7.75. The summed E-state index contributed by atoms with van der Waals surface area (Å²) < 4.78 is 5.00. The van der Waals surface area contributed by atoms with Gasteiger partial charge in [0.25, 0.3) is 0 Å². The summed E-state index contributed by atoms with van der Waals surface area (Å²) in [6.07, 6.45) is 5.12. The first-order valence-corrected chi connectivity index (χ1v) is 5.49. The van der Waals surface area contributed by atoms with Gasteiger partial charge in [0.05, 0.1) is 12.5 Å². The van der Waals surface area contributed by atoms with Gasteiger partial charge in [-0.2, -0.15) is 0 Å². The van der Waals surface area contributed by atoms with Crippen LogP contribution in [-0.4, -0.2) is 4.98 Å². The van der Waals surface area contributed by atoms with Crippen LogP contribution < -0.4 is 5.32 Å². The van der Waals surface area contributed by atoms with Crippen LogP contribution in [0.2, 0.25) is 5.15 Å². The lowest BCUT2D eigenvalue weighted by Crippen LogP contribution is -2.17. The second-order valence-electron chi connectivity index (χ2n) is 3.65. The van der Waals surface area contributed by atoms with Crippen LogP contribution in [0.5, 0.6) is 0 Å². The van der Waals surface area contributed by atoms with Crippen LogP contribution in [0.1, 0.15) is 24.1 Å². The van der Waals surface area contributed by atoms with Crippen molar-refractivity contribution >= 4 is 11.6 Å². The summed E-state index contributed by atoms with van der Waals surface area (Å²) in [5.41, 5.74) is 2.26. The number of hydrogen-bond acceptors (Lipinski definition) is 3. The Hall–Kier alpha value is -1.32. The van der Waals surface area contributed by atoms with E-state index in [1.54, 1.807) is 18.7 Å². The van der Waals surface area contributed by atoms with Crippen molar-refractivity contribution in [3.05, 3.63) is 53.2 Å². The first kappa shape index (κ1) is 11.2. The lowest BCUT2D eigenvalue weighted by molar-refractivity contribution is 0.546. The lowest BCUT2D eigenvalue weighted by Gasteiger charge is -2.13. The Labute approximate surface area is 99.5 Å². The molecule has 0 aromatic carbocycles. The van der Waals surface area contributed by atoms with Gasteiger partial charge < -0.3 is 9.73 Å². The minimum Gasteiger partial charge on any atom is -0.472 e. The molecular formula is C12H13ClN2O. The quantitative estimate of drug-likeness (QED) is 0.829. The van der Waals surface area contributed by atoms with E-state index in [2.05, 4.69) is 17.2 Å². The molecule has 1 atom stereocenters. The van der Waals surface area contributed by atoms with Crippen molar-refractivity contribution in [1.29, 1.82) is 0 Å². The van der Waals surface area contributed by atoms with Crippen LogP contribution in [0.25, 0.3) is 0 Å². The van der Waals surface area contributed by atoms with Gasteiger partial charge in [0.1, 0.15) is 5.15 Å². The molecule has 2 aromatic heterocycles. The monoisotopic (exact) mass is 236 g/mol. The molecule has 4 heteroatoms. The van der Waals surface area contributed by atoms with Crippen molar-refractivity contribution in [3.8, 4) is 0 Å². The molecule has 0 fully saturated rings. The van der Waals surface area contributed by atoms with E-state index in [4.69, 9.17) is 16.0 Å². The molecule has 2 aromatic rings. The highest BCUT2D eigenvalue weighted by molar-refractivity contribution is 6.29. The summed E-state index contributed by atoms with van der Waals surface area (Å²) in [6, 6.07) is 6.00. The summed E-state index contributed by atoms with van der Waals surface area (Å²) in [7, 11) is 0. The average molecular weight is 237 g/mol. The predicted octanol–water partition coefficient (Wildman–Crippen LogP) is 3.18. The van der Waals surface area contributed by atoms with Gasteiger partial charge in [0.15, 0.2) is 0 Å². The Morgan fingerprint density at radius 2 is 2.38 bits per heavy atom. The molecule has 0 aliphatic carbocycles. The van der Waals surface area contributed by atoms with E-state index in [9.17, 15) is 0 Å². The number of nitrogens with one attached hydrogen (secondary N) is 1. The van der Waals surface area contributed by atoms with Gasteiger partial charge in [-0.25, -0.2) is 4.98 Å². The molecule has 2 rings (SSSR count). The van der Waals surface area contributed by atoms with Crippen LogP contribution >= 0.6 is 11.6 Å². The lowest BCUT2D eigenvalue weighted by atomic mass is 10.1. The minimum absolute atomic E-state index is 0.232. The molecule has 0 bridgehead atoms. The number of pyridine rings is 1. The van der Waals surface area contributed by atoms with Gasteiger partial charge in [0.2, 0.25) is 0 Å². The van der Waals surface area contributed by atoms with Gasteiger partial charge in [0, 0.05) is 24.3 Å². The van der Waals surface area contributed by atoms with Gasteiger partial charge in [-0.05, 0) is 30.7 Å². The molecule has 1 N–H and O–H groups in total. The Morgan fingerprint density at radius 1 is 1.50 bits per heavy atom. The number of nitrogens with zero attached hydrogens (tertiary/aromatic N) is 1. The van der Waals surface area contributed by atoms with Crippen molar-refractivity contribution < 1.29 is 4.42 Å². The van der Waals surface area contributed by atoms with Gasteiger partial charge in [-0.1, -0.05) is 11.6 Å². The number of hydrogen-bond donors (Lipinski definition) is 1. The zero-order valence-electron chi connectivity index (χ0n) is 8.98. The Bertz CT molecular complexity index is 442. The summed E-state index contributed by atoms with van der Waals surface area (Å²) in [4.78, 5) is 3.95. The summed E-state index contributed by atoms with van der Waals surface area (Å²) in [6.45, 7) is 2.86. The van der Waals surface area contributed by atoms with E-state index in [1.165, 1.54) is 0 Å². The predicted molar refractivity (Wildman–Crippen MR) is 63.2 cm³/mol. The maximum Gasteiger partial charge on any atom is 0.129 e. The van der Waals surface area contributed by atoms with E-state index >= 15 is 0 Å². The number of furan rings is 1. The second-order valence-corrected chi connectivity index (χ2v) is 4.03. The zero-order chi connectivity index (χ0) is 11.4. The number of rotatable bonds is 4. The fourth-order valence-corrected chi connectivity index (χ4v) is 1.65. The number of halogens is 1. The molecule has 0 aliphatic heterocycles. The Kier molecular flexibility index (Phi) is 3.59. The van der Waals surface area contributed by atoms with Gasteiger partial charge in [-0.3, -0.25) is 0 Å². The molecule has 0 spiro atoms. The highest BCUT2D eigenvalue weighted by Gasteiger charge is 2.05. The van der Waals surface area contributed by atoms with E-state index < -0.39 is 0 Å². The van der Waals surface area contributed by atoms with Crippen LogP contribution in [0.15, 0.2) is 41.3 Å². The molecule has 0 amide bonds. The molecular weight excluding hydrogens is 224 g/mol. The van der Waals surface area contributed by atoms with Gasteiger partial charge >= 0.3 is 0 Å². The Balaban J connectivity index is 1.95. The van der Waals surface area contributed by atoms with Crippen LogP contribution in [0.4, 0.5) is 0 Å². The third-order valence-electron chi connectivity index (χ3n) is 2.44.